The molecule has 104 valence electrons. The number of carbonyl (C=O) groups is 1. The molecule has 0 aromatic carbocycles. The minimum Gasteiger partial charge on any atom is -0.345 e. The molecule has 0 spiro atoms. The average Bonchev–Trinajstić information content (AvgIpc) is 3.04. The summed E-state index contributed by atoms with van der Waals surface area (Å²) >= 11 is 1.54. The van der Waals surface area contributed by atoms with Gasteiger partial charge in [0.05, 0.1) is 23.0 Å². The van der Waals surface area contributed by atoms with E-state index < -0.39 is 0 Å². The third kappa shape index (κ3) is 3.07. The molecule has 0 bridgehead atoms. The number of rotatable bonds is 3. The number of thiophene rings is 1. The lowest BCUT2D eigenvalue weighted by molar-refractivity contribution is -0.0413. The fourth-order valence-corrected chi connectivity index (χ4v) is 3.90. The number of ketones is 1. The third-order valence-electron chi connectivity index (χ3n) is 3.95. The van der Waals surface area contributed by atoms with Crippen LogP contribution in [0.15, 0.2) is 12.1 Å². The molecule has 1 aliphatic heterocycles. The zero-order valence-electron chi connectivity index (χ0n) is 11.1. The highest BCUT2D eigenvalue weighted by Gasteiger charge is 2.25. The molecule has 2 fully saturated rings. The highest BCUT2D eigenvalue weighted by atomic mass is 32.1. The quantitative estimate of drug-likeness (QED) is 0.621. The molecule has 19 heavy (non-hydrogen) atoms. The van der Waals surface area contributed by atoms with Crippen molar-refractivity contribution in [2.75, 3.05) is 13.2 Å². The molecular formula is C15H20O3S. The van der Waals surface area contributed by atoms with Crippen molar-refractivity contribution in [3.05, 3.63) is 21.9 Å². The van der Waals surface area contributed by atoms with Crippen LogP contribution in [0.4, 0.5) is 0 Å². The van der Waals surface area contributed by atoms with E-state index in [2.05, 4.69) is 0 Å². The molecular weight excluding hydrogens is 260 g/mol. The van der Waals surface area contributed by atoms with Gasteiger partial charge in [-0.2, -0.15) is 0 Å². The van der Waals surface area contributed by atoms with E-state index in [0.717, 1.165) is 22.6 Å². The van der Waals surface area contributed by atoms with Crippen molar-refractivity contribution >= 4 is 17.1 Å². The third-order valence-corrected chi connectivity index (χ3v) is 5.07. The van der Waals surface area contributed by atoms with Gasteiger partial charge in [0.15, 0.2) is 12.1 Å². The van der Waals surface area contributed by atoms with Crippen molar-refractivity contribution in [3.8, 4) is 0 Å². The van der Waals surface area contributed by atoms with Crippen LogP contribution < -0.4 is 0 Å². The summed E-state index contributed by atoms with van der Waals surface area (Å²) in [6.07, 6.45) is 6.82. The number of hydrogen-bond donors (Lipinski definition) is 0. The minimum atomic E-state index is -0.249. The second kappa shape index (κ2) is 6.16. The van der Waals surface area contributed by atoms with Crippen LogP contribution in [-0.4, -0.2) is 19.0 Å². The lowest BCUT2D eigenvalue weighted by Crippen LogP contribution is -2.12. The van der Waals surface area contributed by atoms with Crippen LogP contribution in [0.2, 0.25) is 0 Å². The second-order valence-electron chi connectivity index (χ2n) is 5.33. The van der Waals surface area contributed by atoms with Gasteiger partial charge in [-0.05, 0) is 25.0 Å². The molecule has 0 N–H and O–H groups in total. The molecule has 1 saturated carbocycles. The van der Waals surface area contributed by atoms with Crippen molar-refractivity contribution in [2.45, 2.75) is 44.8 Å². The van der Waals surface area contributed by atoms with Gasteiger partial charge in [0.2, 0.25) is 0 Å². The largest absolute Gasteiger partial charge is 0.345 e. The smallest absolute Gasteiger partial charge is 0.193 e. The zero-order chi connectivity index (χ0) is 13.1. The Hall–Kier alpha value is -0.710. The maximum atomic E-state index is 12.5. The maximum absolute atomic E-state index is 12.5. The fourth-order valence-electron chi connectivity index (χ4n) is 2.88. The van der Waals surface area contributed by atoms with Crippen LogP contribution >= 0.6 is 11.3 Å². The molecule has 0 atom stereocenters. The Morgan fingerprint density at radius 3 is 2.42 bits per heavy atom. The second-order valence-corrected chi connectivity index (χ2v) is 6.44. The molecule has 0 radical (unpaired) electrons. The first-order valence-corrected chi connectivity index (χ1v) is 8.03. The topological polar surface area (TPSA) is 35.5 Å². The highest BCUT2D eigenvalue weighted by Crippen LogP contribution is 2.33. The molecule has 2 heterocycles. The summed E-state index contributed by atoms with van der Waals surface area (Å²) in [7, 11) is 0. The summed E-state index contributed by atoms with van der Waals surface area (Å²) < 4.78 is 10.9. The molecule has 3 rings (SSSR count). The van der Waals surface area contributed by atoms with E-state index in [4.69, 9.17) is 9.47 Å². The molecule has 1 saturated heterocycles. The SMILES string of the molecule is O=C(c1ccc(C2OCCO2)s1)C1CCCCCC1. The van der Waals surface area contributed by atoms with Crippen molar-refractivity contribution in [1.82, 2.24) is 0 Å². The molecule has 1 aromatic heterocycles. The van der Waals surface area contributed by atoms with E-state index in [-0.39, 0.29) is 12.2 Å². The molecule has 1 aromatic rings. The van der Waals surface area contributed by atoms with Crippen LogP contribution in [0.1, 0.15) is 59.4 Å². The first-order valence-electron chi connectivity index (χ1n) is 7.22. The normalized spacial score (nSPS) is 22.5. The summed E-state index contributed by atoms with van der Waals surface area (Å²) in [4.78, 5) is 14.4. The molecule has 2 aliphatic rings. The van der Waals surface area contributed by atoms with Crippen molar-refractivity contribution in [3.63, 3.8) is 0 Å². The lowest BCUT2D eigenvalue weighted by Gasteiger charge is -2.11. The number of Topliss-reactive ketones (excluding diaryl/α,β-unsaturated/α-hetero) is 1. The van der Waals surface area contributed by atoms with Gasteiger partial charge < -0.3 is 9.47 Å². The number of ether oxygens (including phenoxy) is 2. The summed E-state index contributed by atoms with van der Waals surface area (Å²) in [6.45, 7) is 1.29. The number of hydrogen-bond acceptors (Lipinski definition) is 4. The van der Waals surface area contributed by atoms with Crippen LogP contribution in [0.3, 0.4) is 0 Å². The van der Waals surface area contributed by atoms with Gasteiger partial charge in [0.1, 0.15) is 0 Å². The predicted octanol–water partition coefficient (Wildman–Crippen LogP) is 3.95. The molecule has 0 amide bonds. The minimum absolute atomic E-state index is 0.236. The zero-order valence-corrected chi connectivity index (χ0v) is 11.9. The Balaban J connectivity index is 1.68. The van der Waals surface area contributed by atoms with E-state index in [0.29, 0.717) is 19.0 Å². The van der Waals surface area contributed by atoms with Crippen LogP contribution in [-0.2, 0) is 9.47 Å². The fraction of sp³-hybridized carbons (Fsp3) is 0.667. The van der Waals surface area contributed by atoms with Gasteiger partial charge in [-0.25, -0.2) is 0 Å². The van der Waals surface area contributed by atoms with Crippen molar-refractivity contribution in [2.24, 2.45) is 5.92 Å². The lowest BCUT2D eigenvalue weighted by atomic mass is 9.95. The first-order chi connectivity index (χ1) is 9.34. The molecule has 3 nitrogen and oxygen atoms in total. The highest BCUT2D eigenvalue weighted by molar-refractivity contribution is 7.14. The van der Waals surface area contributed by atoms with Crippen molar-refractivity contribution < 1.29 is 14.3 Å². The van der Waals surface area contributed by atoms with Gasteiger partial charge >= 0.3 is 0 Å². The van der Waals surface area contributed by atoms with Gasteiger partial charge in [0.25, 0.3) is 0 Å². The van der Waals surface area contributed by atoms with E-state index in [1.54, 1.807) is 0 Å². The molecule has 4 heteroatoms. The summed E-state index contributed by atoms with van der Waals surface area (Å²) in [5.74, 6) is 0.565. The Morgan fingerprint density at radius 2 is 1.74 bits per heavy atom. The van der Waals surface area contributed by atoms with Crippen LogP contribution in [0.25, 0.3) is 0 Å². The maximum Gasteiger partial charge on any atom is 0.193 e. The molecule has 1 aliphatic carbocycles. The van der Waals surface area contributed by atoms with Crippen LogP contribution in [0.5, 0.6) is 0 Å². The van der Waals surface area contributed by atoms with Gasteiger partial charge in [0, 0.05) is 5.92 Å². The van der Waals surface area contributed by atoms with Crippen molar-refractivity contribution in [1.29, 1.82) is 0 Å². The Bertz CT molecular complexity index is 426. The first kappa shape index (κ1) is 13.3. The Morgan fingerprint density at radius 1 is 1.05 bits per heavy atom. The molecule has 0 unspecified atom stereocenters. The monoisotopic (exact) mass is 280 g/mol. The van der Waals surface area contributed by atoms with Gasteiger partial charge in [-0.1, -0.05) is 25.7 Å². The van der Waals surface area contributed by atoms with E-state index in [1.807, 2.05) is 12.1 Å². The average molecular weight is 280 g/mol. The van der Waals surface area contributed by atoms with E-state index in [9.17, 15) is 4.79 Å². The Labute approximate surface area is 117 Å². The van der Waals surface area contributed by atoms with Gasteiger partial charge in [-0.3, -0.25) is 4.79 Å². The van der Waals surface area contributed by atoms with E-state index in [1.165, 1.54) is 37.0 Å². The predicted molar refractivity (Wildman–Crippen MR) is 74.5 cm³/mol. The van der Waals surface area contributed by atoms with Gasteiger partial charge in [-0.15, -0.1) is 11.3 Å². The number of carbonyl (C=O) groups excluding carboxylic acids is 1. The van der Waals surface area contributed by atoms with Crippen LogP contribution in [0, 0.1) is 5.92 Å². The Kier molecular flexibility index (Phi) is 4.31. The summed E-state index contributed by atoms with van der Waals surface area (Å²) in [5, 5.41) is 0. The summed E-state index contributed by atoms with van der Waals surface area (Å²) in [5.41, 5.74) is 0. The van der Waals surface area contributed by atoms with E-state index >= 15 is 0 Å². The standard InChI is InChI=1S/C15H20O3S/c16-14(11-5-3-1-2-4-6-11)12-7-8-13(19-12)15-17-9-10-18-15/h7-8,11,15H,1-6,9-10H2. The summed E-state index contributed by atoms with van der Waals surface area (Å²) in [6, 6.07) is 3.92.